The van der Waals surface area contributed by atoms with Crippen LogP contribution in [0.25, 0.3) is 0 Å². The van der Waals surface area contributed by atoms with Crippen LogP contribution in [0.1, 0.15) is 18.5 Å². The molecule has 3 rings (SSSR count). The molecule has 6 heteroatoms. The quantitative estimate of drug-likeness (QED) is 0.827. The van der Waals surface area contributed by atoms with E-state index in [1.54, 1.807) is 24.7 Å². The van der Waals surface area contributed by atoms with E-state index in [0.29, 0.717) is 18.5 Å². The lowest BCUT2D eigenvalue weighted by molar-refractivity contribution is 0.131. The summed E-state index contributed by atoms with van der Waals surface area (Å²) < 4.78 is 10.6. The summed E-state index contributed by atoms with van der Waals surface area (Å²) in [7, 11) is 0. The van der Waals surface area contributed by atoms with Crippen LogP contribution in [0.2, 0.25) is 0 Å². The number of nitrogens with zero attached hydrogens (tertiary/aromatic N) is 4. The van der Waals surface area contributed by atoms with Gasteiger partial charge in [0.25, 0.3) is 0 Å². The second-order valence-electron chi connectivity index (χ2n) is 5.04. The highest BCUT2D eigenvalue weighted by Gasteiger charge is 2.20. The molecule has 0 radical (unpaired) electrons. The van der Waals surface area contributed by atoms with Gasteiger partial charge < -0.3 is 9.15 Å². The SMILES string of the molecule is c1cnc(OCC2CCN(Cc3cocn3)CC2)nc1. The molecule has 3 heterocycles. The highest BCUT2D eigenvalue weighted by Crippen LogP contribution is 2.19. The summed E-state index contributed by atoms with van der Waals surface area (Å²) in [4.78, 5) is 14.7. The van der Waals surface area contributed by atoms with Gasteiger partial charge in [-0.3, -0.25) is 4.90 Å². The molecule has 0 saturated carbocycles. The largest absolute Gasteiger partial charge is 0.463 e. The van der Waals surface area contributed by atoms with E-state index in [-0.39, 0.29) is 0 Å². The molecular weight excluding hydrogens is 256 g/mol. The van der Waals surface area contributed by atoms with Gasteiger partial charge in [0.05, 0.1) is 12.3 Å². The lowest BCUT2D eigenvalue weighted by atomic mass is 9.98. The van der Waals surface area contributed by atoms with E-state index >= 15 is 0 Å². The van der Waals surface area contributed by atoms with E-state index in [0.717, 1.165) is 38.2 Å². The molecule has 0 atom stereocenters. The standard InChI is InChI=1S/C14H18N4O2/c1-4-15-14(16-5-1)20-9-12-2-6-18(7-3-12)8-13-10-19-11-17-13/h1,4-5,10-12H,2-3,6-9H2. The average Bonchev–Trinajstić information content (AvgIpc) is 3.01. The van der Waals surface area contributed by atoms with Crippen LogP contribution < -0.4 is 4.74 Å². The van der Waals surface area contributed by atoms with Crippen LogP contribution in [0.15, 0.2) is 35.5 Å². The Hall–Kier alpha value is -1.95. The summed E-state index contributed by atoms with van der Waals surface area (Å²) in [6.07, 6.45) is 8.85. The first-order valence-electron chi connectivity index (χ1n) is 6.89. The highest BCUT2D eigenvalue weighted by atomic mass is 16.5. The molecule has 1 fully saturated rings. The zero-order chi connectivity index (χ0) is 13.6. The Morgan fingerprint density at radius 3 is 2.70 bits per heavy atom. The molecular formula is C14H18N4O2. The van der Waals surface area contributed by atoms with E-state index in [2.05, 4.69) is 19.9 Å². The van der Waals surface area contributed by atoms with E-state index in [1.807, 2.05) is 0 Å². The molecule has 1 aliphatic heterocycles. The monoisotopic (exact) mass is 274 g/mol. The first-order chi connectivity index (χ1) is 9.90. The van der Waals surface area contributed by atoms with Crippen molar-refractivity contribution in [3.63, 3.8) is 0 Å². The maximum atomic E-state index is 5.62. The third-order valence-electron chi connectivity index (χ3n) is 3.57. The van der Waals surface area contributed by atoms with Gasteiger partial charge in [0.2, 0.25) is 0 Å². The van der Waals surface area contributed by atoms with Crippen molar-refractivity contribution in [3.05, 3.63) is 36.8 Å². The molecule has 20 heavy (non-hydrogen) atoms. The molecule has 0 aliphatic carbocycles. The minimum absolute atomic E-state index is 0.470. The van der Waals surface area contributed by atoms with Crippen molar-refractivity contribution in [1.29, 1.82) is 0 Å². The van der Waals surface area contributed by atoms with Gasteiger partial charge in [-0.15, -0.1) is 0 Å². The molecule has 6 nitrogen and oxygen atoms in total. The van der Waals surface area contributed by atoms with Crippen molar-refractivity contribution < 1.29 is 9.15 Å². The van der Waals surface area contributed by atoms with Crippen LogP contribution in [0.3, 0.4) is 0 Å². The number of rotatable bonds is 5. The van der Waals surface area contributed by atoms with Gasteiger partial charge in [0.15, 0.2) is 6.39 Å². The normalized spacial score (nSPS) is 17.2. The second-order valence-corrected chi connectivity index (χ2v) is 5.04. The van der Waals surface area contributed by atoms with Crippen LogP contribution in [0.4, 0.5) is 0 Å². The van der Waals surface area contributed by atoms with Gasteiger partial charge >= 0.3 is 6.01 Å². The Balaban J connectivity index is 1.40. The molecule has 0 spiro atoms. The number of oxazole rings is 1. The summed E-state index contributed by atoms with van der Waals surface area (Å²) in [6.45, 7) is 3.70. The van der Waals surface area contributed by atoms with Crippen LogP contribution in [0, 0.1) is 5.92 Å². The number of piperidine rings is 1. The van der Waals surface area contributed by atoms with Gasteiger partial charge in [-0.25, -0.2) is 15.0 Å². The fourth-order valence-electron chi connectivity index (χ4n) is 2.41. The summed E-state index contributed by atoms with van der Waals surface area (Å²) in [5.41, 5.74) is 0.998. The predicted molar refractivity (Wildman–Crippen MR) is 72.0 cm³/mol. The molecule has 0 aromatic carbocycles. The number of aromatic nitrogens is 3. The zero-order valence-electron chi connectivity index (χ0n) is 11.3. The van der Waals surface area contributed by atoms with E-state index in [4.69, 9.17) is 9.15 Å². The fourth-order valence-corrected chi connectivity index (χ4v) is 2.41. The maximum absolute atomic E-state index is 5.62. The average molecular weight is 274 g/mol. The minimum atomic E-state index is 0.470. The van der Waals surface area contributed by atoms with Crippen molar-refractivity contribution in [2.45, 2.75) is 19.4 Å². The highest BCUT2D eigenvalue weighted by molar-refractivity contribution is 4.94. The summed E-state index contributed by atoms with van der Waals surface area (Å²) in [5.74, 6) is 0.576. The molecule has 0 amide bonds. The van der Waals surface area contributed by atoms with E-state index in [1.165, 1.54) is 6.39 Å². The predicted octanol–water partition coefficient (Wildman–Crippen LogP) is 1.76. The van der Waals surface area contributed by atoms with E-state index in [9.17, 15) is 0 Å². The Labute approximate surface area is 117 Å². The molecule has 106 valence electrons. The van der Waals surface area contributed by atoms with Crippen molar-refractivity contribution in [3.8, 4) is 6.01 Å². The van der Waals surface area contributed by atoms with Gasteiger partial charge in [-0.2, -0.15) is 0 Å². The summed E-state index contributed by atoms with van der Waals surface area (Å²) >= 11 is 0. The number of ether oxygens (including phenoxy) is 1. The topological polar surface area (TPSA) is 64.3 Å². The third kappa shape index (κ3) is 3.54. The van der Waals surface area contributed by atoms with Crippen molar-refractivity contribution >= 4 is 0 Å². The Bertz CT molecular complexity index is 495. The van der Waals surface area contributed by atoms with Crippen LogP contribution in [-0.2, 0) is 6.54 Å². The molecule has 0 unspecified atom stereocenters. The first kappa shape index (κ1) is 13.1. The molecule has 1 saturated heterocycles. The van der Waals surface area contributed by atoms with Crippen LogP contribution in [0.5, 0.6) is 6.01 Å². The maximum Gasteiger partial charge on any atom is 0.316 e. The third-order valence-corrected chi connectivity index (χ3v) is 3.57. The van der Waals surface area contributed by atoms with Gasteiger partial charge in [0, 0.05) is 18.9 Å². The zero-order valence-corrected chi connectivity index (χ0v) is 11.3. The second kappa shape index (κ2) is 6.47. The molecule has 0 N–H and O–H groups in total. The number of hydrogen-bond acceptors (Lipinski definition) is 6. The van der Waals surface area contributed by atoms with Gasteiger partial charge in [-0.1, -0.05) is 0 Å². The Morgan fingerprint density at radius 2 is 2.00 bits per heavy atom. The summed E-state index contributed by atoms with van der Waals surface area (Å²) in [5, 5.41) is 0. The molecule has 0 bridgehead atoms. The molecule has 2 aromatic heterocycles. The van der Waals surface area contributed by atoms with Gasteiger partial charge in [-0.05, 0) is 37.9 Å². The summed E-state index contributed by atoms with van der Waals surface area (Å²) in [6, 6.07) is 2.26. The number of likely N-dealkylation sites (tertiary alicyclic amines) is 1. The lowest BCUT2D eigenvalue weighted by Gasteiger charge is -2.30. The Morgan fingerprint density at radius 1 is 1.20 bits per heavy atom. The molecule has 2 aromatic rings. The first-order valence-corrected chi connectivity index (χ1v) is 6.89. The van der Waals surface area contributed by atoms with Crippen molar-refractivity contribution in [1.82, 2.24) is 19.9 Å². The van der Waals surface area contributed by atoms with Crippen molar-refractivity contribution in [2.75, 3.05) is 19.7 Å². The smallest absolute Gasteiger partial charge is 0.316 e. The molecule has 1 aliphatic rings. The van der Waals surface area contributed by atoms with Crippen LogP contribution in [-0.4, -0.2) is 39.5 Å². The van der Waals surface area contributed by atoms with E-state index < -0.39 is 0 Å². The minimum Gasteiger partial charge on any atom is -0.463 e. The lowest BCUT2D eigenvalue weighted by Crippen LogP contribution is -2.35. The fraction of sp³-hybridized carbons (Fsp3) is 0.500. The number of hydrogen-bond donors (Lipinski definition) is 0. The van der Waals surface area contributed by atoms with Crippen LogP contribution >= 0.6 is 0 Å². The Kier molecular flexibility index (Phi) is 4.22. The van der Waals surface area contributed by atoms with Crippen molar-refractivity contribution in [2.24, 2.45) is 5.92 Å². The van der Waals surface area contributed by atoms with Gasteiger partial charge in [0.1, 0.15) is 6.26 Å².